The van der Waals surface area contributed by atoms with E-state index in [0.717, 1.165) is 5.03 Å². The summed E-state index contributed by atoms with van der Waals surface area (Å²) < 4.78 is 0. The van der Waals surface area contributed by atoms with E-state index in [1.807, 2.05) is 6.26 Å². The molecule has 1 heterocycles. The number of carboxylic acid groups (broad SMARTS) is 1. The van der Waals surface area contributed by atoms with Gasteiger partial charge in [0.25, 0.3) is 0 Å². The fraction of sp³-hybridized carbons (Fsp3) is 0.0833. The third-order valence-electron chi connectivity index (χ3n) is 2.32. The minimum atomic E-state index is -1.05. The summed E-state index contributed by atoms with van der Waals surface area (Å²) in [5.74, 6) is -0.429. The Kier molecular flexibility index (Phi) is 4.24. The molecule has 2 aromatic rings. The normalized spacial score (nSPS) is 10.2. The summed E-state index contributed by atoms with van der Waals surface area (Å²) in [5.41, 5.74) is 0.737. The van der Waals surface area contributed by atoms with Crippen LogP contribution in [0.3, 0.4) is 0 Å². The van der Waals surface area contributed by atoms with E-state index in [9.17, 15) is 4.79 Å². The van der Waals surface area contributed by atoms with Gasteiger partial charge in [-0.15, -0.1) is 11.8 Å². The fourth-order valence-corrected chi connectivity index (χ4v) is 2.08. The molecule has 2 rings (SSSR count). The highest BCUT2D eigenvalue weighted by molar-refractivity contribution is 7.98. The van der Waals surface area contributed by atoms with Crippen molar-refractivity contribution in [3.63, 3.8) is 0 Å². The van der Waals surface area contributed by atoms with Gasteiger partial charge in [0.1, 0.15) is 17.2 Å². The van der Waals surface area contributed by atoms with Crippen LogP contribution in [0.25, 0.3) is 0 Å². The molecule has 0 saturated heterocycles. The molecule has 0 amide bonds. The highest BCUT2D eigenvalue weighted by Gasteiger charge is 2.09. The molecule has 19 heavy (non-hydrogen) atoms. The van der Waals surface area contributed by atoms with Crippen molar-refractivity contribution in [2.24, 2.45) is 0 Å². The van der Waals surface area contributed by atoms with Gasteiger partial charge in [-0.25, -0.2) is 14.8 Å². The smallest absolute Gasteiger partial charge is 0.337 e. The second-order valence-electron chi connectivity index (χ2n) is 3.57. The molecule has 0 bridgehead atoms. The van der Waals surface area contributed by atoms with Crippen LogP contribution >= 0.6 is 23.4 Å². The summed E-state index contributed by atoms with van der Waals surface area (Å²) >= 11 is 7.40. The predicted molar refractivity (Wildman–Crippen MR) is 75.5 cm³/mol. The summed E-state index contributed by atoms with van der Waals surface area (Å²) in [6.07, 6.45) is 3.38. The van der Waals surface area contributed by atoms with Gasteiger partial charge in [0.15, 0.2) is 0 Å². The highest BCUT2D eigenvalue weighted by Crippen LogP contribution is 2.24. The molecule has 0 radical (unpaired) electrons. The molecule has 0 unspecified atom stereocenters. The van der Waals surface area contributed by atoms with Crippen molar-refractivity contribution in [3.8, 4) is 0 Å². The topological polar surface area (TPSA) is 75.1 Å². The molecule has 1 aromatic carbocycles. The van der Waals surface area contributed by atoms with Gasteiger partial charge in [-0.1, -0.05) is 11.6 Å². The van der Waals surface area contributed by atoms with Gasteiger partial charge < -0.3 is 10.4 Å². The number of carboxylic acids is 1. The van der Waals surface area contributed by atoms with E-state index in [1.54, 1.807) is 18.2 Å². The maximum absolute atomic E-state index is 10.8. The van der Waals surface area contributed by atoms with Crippen LogP contribution in [0.4, 0.5) is 11.5 Å². The number of anilines is 2. The third kappa shape index (κ3) is 3.36. The molecule has 0 aliphatic heterocycles. The quantitative estimate of drug-likeness (QED) is 0.666. The van der Waals surface area contributed by atoms with Crippen molar-refractivity contribution in [3.05, 3.63) is 41.2 Å². The van der Waals surface area contributed by atoms with Gasteiger partial charge in [-0.2, -0.15) is 0 Å². The maximum atomic E-state index is 10.8. The van der Waals surface area contributed by atoms with Crippen LogP contribution in [0, 0.1) is 0 Å². The van der Waals surface area contributed by atoms with Gasteiger partial charge in [-0.05, 0) is 24.5 Å². The molecular formula is C12H10ClN3O2S. The van der Waals surface area contributed by atoms with Gasteiger partial charge in [0, 0.05) is 11.8 Å². The second-order valence-corrected chi connectivity index (χ2v) is 4.80. The average molecular weight is 296 g/mol. The molecule has 1 aromatic heterocycles. The number of aromatic nitrogens is 2. The Morgan fingerprint density at radius 1 is 1.37 bits per heavy atom. The van der Waals surface area contributed by atoms with E-state index in [4.69, 9.17) is 16.7 Å². The van der Waals surface area contributed by atoms with Crippen molar-refractivity contribution < 1.29 is 9.90 Å². The fourth-order valence-electron chi connectivity index (χ4n) is 1.43. The summed E-state index contributed by atoms with van der Waals surface area (Å²) in [6, 6.07) is 6.43. The Balaban J connectivity index is 2.23. The van der Waals surface area contributed by atoms with E-state index < -0.39 is 5.97 Å². The van der Waals surface area contributed by atoms with Crippen LogP contribution in [-0.2, 0) is 0 Å². The van der Waals surface area contributed by atoms with Crippen LogP contribution < -0.4 is 5.32 Å². The van der Waals surface area contributed by atoms with E-state index in [1.165, 1.54) is 24.2 Å². The third-order valence-corrected chi connectivity index (χ3v) is 3.28. The van der Waals surface area contributed by atoms with Gasteiger partial charge >= 0.3 is 5.97 Å². The van der Waals surface area contributed by atoms with Gasteiger partial charge in [0.05, 0.1) is 10.6 Å². The molecule has 7 heteroatoms. The zero-order valence-corrected chi connectivity index (χ0v) is 11.5. The average Bonchev–Trinajstić information content (AvgIpc) is 2.38. The number of rotatable bonds is 4. The number of halogens is 1. The Labute approximate surface area is 119 Å². The lowest BCUT2D eigenvalue weighted by atomic mass is 10.2. The number of nitrogens with one attached hydrogen (secondary N) is 1. The van der Waals surface area contributed by atoms with Crippen molar-refractivity contribution in [1.29, 1.82) is 0 Å². The molecule has 0 fully saturated rings. The Morgan fingerprint density at radius 3 is 2.79 bits per heavy atom. The Hall–Kier alpha value is -1.79. The molecule has 0 aliphatic carbocycles. The lowest BCUT2D eigenvalue weighted by Crippen LogP contribution is -1.99. The first kappa shape index (κ1) is 13.6. The second kappa shape index (κ2) is 5.90. The number of carbonyl (C=O) groups is 1. The van der Waals surface area contributed by atoms with E-state index in [2.05, 4.69) is 15.3 Å². The largest absolute Gasteiger partial charge is 0.478 e. The monoisotopic (exact) mass is 295 g/mol. The van der Waals surface area contributed by atoms with Crippen molar-refractivity contribution in [2.45, 2.75) is 5.03 Å². The summed E-state index contributed by atoms with van der Waals surface area (Å²) in [4.78, 5) is 19.0. The molecule has 98 valence electrons. The molecular weight excluding hydrogens is 286 g/mol. The Bertz CT molecular complexity index is 622. The highest BCUT2D eigenvalue weighted by atomic mass is 35.5. The number of hydrogen-bond acceptors (Lipinski definition) is 5. The summed E-state index contributed by atoms with van der Waals surface area (Å²) in [6.45, 7) is 0. The van der Waals surface area contributed by atoms with Crippen LogP contribution in [0.5, 0.6) is 0 Å². The van der Waals surface area contributed by atoms with Gasteiger partial charge in [0.2, 0.25) is 0 Å². The van der Waals surface area contributed by atoms with Crippen LogP contribution in [0.15, 0.2) is 35.6 Å². The van der Waals surface area contributed by atoms with E-state index >= 15 is 0 Å². The minimum Gasteiger partial charge on any atom is -0.478 e. The number of nitrogens with zero attached hydrogens (tertiary/aromatic N) is 2. The zero-order valence-electron chi connectivity index (χ0n) is 9.92. The Morgan fingerprint density at radius 2 is 2.16 bits per heavy atom. The van der Waals surface area contributed by atoms with Crippen molar-refractivity contribution >= 4 is 40.8 Å². The molecule has 0 aliphatic rings. The number of hydrogen-bond donors (Lipinski definition) is 2. The summed E-state index contributed by atoms with van der Waals surface area (Å²) in [5, 5.41) is 12.9. The SMILES string of the molecule is CSc1cc(Nc2ccc(C(=O)O)c(Cl)c2)ncn1. The molecule has 0 saturated carbocycles. The standard InChI is InChI=1S/C12H10ClN3O2S/c1-19-11-5-10(14-6-15-11)16-7-2-3-8(12(17)18)9(13)4-7/h2-6H,1H3,(H,17,18)(H,14,15,16). The van der Waals surface area contributed by atoms with E-state index in [0.29, 0.717) is 11.5 Å². The molecule has 5 nitrogen and oxygen atoms in total. The number of aromatic carboxylic acids is 1. The molecule has 0 spiro atoms. The predicted octanol–water partition coefficient (Wildman–Crippen LogP) is 3.29. The van der Waals surface area contributed by atoms with E-state index in [-0.39, 0.29) is 10.6 Å². The van der Waals surface area contributed by atoms with Crippen LogP contribution in [-0.4, -0.2) is 27.3 Å². The van der Waals surface area contributed by atoms with Gasteiger partial charge in [-0.3, -0.25) is 0 Å². The molecule has 2 N–H and O–H groups in total. The number of benzene rings is 1. The lowest BCUT2D eigenvalue weighted by molar-refractivity contribution is 0.0697. The van der Waals surface area contributed by atoms with Crippen LogP contribution in [0.1, 0.15) is 10.4 Å². The minimum absolute atomic E-state index is 0.0692. The lowest BCUT2D eigenvalue weighted by Gasteiger charge is -2.07. The first-order valence-electron chi connectivity index (χ1n) is 5.26. The number of thioether (sulfide) groups is 1. The van der Waals surface area contributed by atoms with Crippen LogP contribution in [0.2, 0.25) is 5.02 Å². The zero-order chi connectivity index (χ0) is 13.8. The first-order valence-corrected chi connectivity index (χ1v) is 6.86. The van der Waals surface area contributed by atoms with Crippen molar-refractivity contribution in [1.82, 2.24) is 9.97 Å². The first-order chi connectivity index (χ1) is 9.10. The maximum Gasteiger partial charge on any atom is 0.337 e. The summed E-state index contributed by atoms with van der Waals surface area (Å²) in [7, 11) is 0. The van der Waals surface area contributed by atoms with Crippen molar-refractivity contribution in [2.75, 3.05) is 11.6 Å². The molecule has 0 atom stereocenters.